The fraction of sp³-hybridized carbons (Fsp3) is 0.174. The summed E-state index contributed by atoms with van der Waals surface area (Å²) in [5.74, 6) is 0.312. The smallest absolute Gasteiger partial charge is 0.269 e. The van der Waals surface area contributed by atoms with Gasteiger partial charge in [-0.25, -0.2) is 9.97 Å². The Morgan fingerprint density at radius 2 is 2.09 bits per heavy atom. The number of fused-ring (bicyclic) bond motifs is 1. The van der Waals surface area contributed by atoms with E-state index in [0.717, 1.165) is 4.70 Å². The predicted molar refractivity (Wildman–Crippen MR) is 133 cm³/mol. The Kier molecular flexibility index (Phi) is 7.19. The maximum absolute atomic E-state index is 13.2. The summed E-state index contributed by atoms with van der Waals surface area (Å²) in [4.78, 5) is 33.9. The molecule has 34 heavy (non-hydrogen) atoms. The van der Waals surface area contributed by atoms with E-state index in [1.165, 1.54) is 29.5 Å². The third-order valence-corrected chi connectivity index (χ3v) is 6.58. The Labute approximate surface area is 204 Å². The van der Waals surface area contributed by atoms with Crippen LogP contribution in [0, 0.1) is 10.1 Å². The van der Waals surface area contributed by atoms with Crippen LogP contribution in [0.25, 0.3) is 16.3 Å². The van der Waals surface area contributed by atoms with E-state index in [4.69, 9.17) is 16.3 Å². The van der Waals surface area contributed by atoms with Crippen molar-refractivity contribution < 1.29 is 14.5 Å². The number of hydrogen-bond acceptors (Lipinski definition) is 7. The fourth-order valence-electron chi connectivity index (χ4n) is 3.32. The van der Waals surface area contributed by atoms with E-state index in [2.05, 4.69) is 9.97 Å². The summed E-state index contributed by atoms with van der Waals surface area (Å²) in [6.07, 6.45) is 9.02. The molecule has 0 atom stereocenters. The number of nitrogens with zero attached hydrogens (tertiary/aromatic N) is 5. The first-order chi connectivity index (χ1) is 16.5. The molecule has 0 aliphatic rings. The molecule has 0 aliphatic carbocycles. The van der Waals surface area contributed by atoms with Gasteiger partial charge in [-0.1, -0.05) is 22.9 Å². The normalized spacial score (nSPS) is 11.2. The summed E-state index contributed by atoms with van der Waals surface area (Å²) in [5, 5.41) is 11.9. The van der Waals surface area contributed by atoms with Crippen LogP contribution in [-0.4, -0.2) is 39.0 Å². The Hall–Kier alpha value is -3.76. The van der Waals surface area contributed by atoms with Crippen molar-refractivity contribution in [2.45, 2.75) is 13.0 Å². The number of carbonyl (C=O) groups is 1. The number of benzene rings is 2. The standard InChI is InChI=1S/C23H20ClN5O4S/c1-33-19-9-8-18(24)22-21(19)26-23(34-22)28(13-2-12-27-14-11-25-15-27)20(30)10-5-16-3-6-17(7-4-16)29(31)32/h3-11,14-15H,2,12-13H2,1H3/b10-5+. The van der Waals surface area contributed by atoms with Gasteiger partial charge >= 0.3 is 0 Å². The van der Waals surface area contributed by atoms with Gasteiger partial charge in [-0.2, -0.15) is 0 Å². The number of imidazole rings is 1. The van der Waals surface area contributed by atoms with Crippen LogP contribution in [0.2, 0.25) is 5.02 Å². The van der Waals surface area contributed by atoms with E-state index >= 15 is 0 Å². The van der Waals surface area contributed by atoms with Crippen LogP contribution in [0.4, 0.5) is 10.8 Å². The number of carbonyl (C=O) groups excluding carboxylic acids is 1. The molecule has 0 bridgehead atoms. The second kappa shape index (κ2) is 10.4. The van der Waals surface area contributed by atoms with Gasteiger partial charge in [-0.05, 0) is 42.3 Å². The molecule has 11 heteroatoms. The minimum Gasteiger partial charge on any atom is -0.494 e. The molecule has 0 saturated heterocycles. The Morgan fingerprint density at radius 3 is 2.76 bits per heavy atom. The zero-order valence-corrected chi connectivity index (χ0v) is 19.7. The molecule has 0 aliphatic heterocycles. The molecule has 0 fully saturated rings. The highest BCUT2D eigenvalue weighted by molar-refractivity contribution is 7.23. The van der Waals surface area contributed by atoms with Crippen molar-refractivity contribution >= 4 is 56.0 Å². The average molecular weight is 498 g/mol. The third-order valence-electron chi connectivity index (χ3n) is 5.04. The van der Waals surface area contributed by atoms with E-state index in [9.17, 15) is 14.9 Å². The van der Waals surface area contributed by atoms with Gasteiger partial charge in [0.05, 0.1) is 28.1 Å². The van der Waals surface area contributed by atoms with Gasteiger partial charge in [0.2, 0.25) is 0 Å². The molecule has 1 amide bonds. The number of non-ortho nitro benzene ring substituents is 1. The van der Waals surface area contributed by atoms with E-state index in [1.807, 2.05) is 10.8 Å². The molecule has 0 spiro atoms. The number of hydrogen-bond donors (Lipinski definition) is 0. The number of anilines is 1. The minimum absolute atomic E-state index is 0.00935. The predicted octanol–water partition coefficient (Wildman–Crippen LogP) is 5.20. The maximum atomic E-state index is 13.2. The number of methoxy groups -OCH3 is 1. The Balaban J connectivity index is 1.60. The van der Waals surface area contributed by atoms with Gasteiger partial charge in [-0.3, -0.25) is 19.8 Å². The van der Waals surface area contributed by atoms with Crippen LogP contribution in [-0.2, 0) is 11.3 Å². The van der Waals surface area contributed by atoms with Gasteiger partial charge < -0.3 is 9.30 Å². The lowest BCUT2D eigenvalue weighted by Gasteiger charge is -2.18. The lowest BCUT2D eigenvalue weighted by atomic mass is 10.2. The summed E-state index contributed by atoms with van der Waals surface area (Å²) >= 11 is 7.69. The number of rotatable bonds is 9. The molecule has 0 unspecified atom stereocenters. The van der Waals surface area contributed by atoms with E-state index in [1.54, 1.807) is 54.9 Å². The average Bonchev–Trinajstić information content (AvgIpc) is 3.51. The highest BCUT2D eigenvalue weighted by Crippen LogP contribution is 2.38. The van der Waals surface area contributed by atoms with Crippen LogP contribution in [0.3, 0.4) is 0 Å². The summed E-state index contributed by atoms with van der Waals surface area (Å²) in [6, 6.07) is 9.46. The summed E-state index contributed by atoms with van der Waals surface area (Å²) in [7, 11) is 1.56. The van der Waals surface area contributed by atoms with Gasteiger partial charge in [0.15, 0.2) is 5.13 Å². The van der Waals surface area contributed by atoms with Gasteiger partial charge in [-0.15, -0.1) is 0 Å². The number of aromatic nitrogens is 3. The molecule has 174 valence electrons. The zero-order valence-electron chi connectivity index (χ0n) is 18.1. The van der Waals surface area contributed by atoms with Crippen LogP contribution < -0.4 is 9.64 Å². The molecular formula is C23H20ClN5O4S. The monoisotopic (exact) mass is 497 g/mol. The second-order valence-electron chi connectivity index (χ2n) is 7.25. The largest absolute Gasteiger partial charge is 0.494 e. The second-order valence-corrected chi connectivity index (χ2v) is 8.63. The summed E-state index contributed by atoms with van der Waals surface area (Å²) < 4.78 is 8.08. The van der Waals surface area contributed by atoms with Crippen LogP contribution in [0.1, 0.15) is 12.0 Å². The molecule has 0 N–H and O–H groups in total. The molecule has 2 aromatic carbocycles. The molecular weight excluding hydrogens is 478 g/mol. The maximum Gasteiger partial charge on any atom is 0.269 e. The van der Waals surface area contributed by atoms with Crippen molar-refractivity contribution in [3.8, 4) is 5.75 Å². The van der Waals surface area contributed by atoms with Crippen molar-refractivity contribution in [2.75, 3.05) is 18.6 Å². The molecule has 0 saturated carbocycles. The molecule has 2 aromatic heterocycles. The minimum atomic E-state index is -0.465. The quantitative estimate of drug-likeness (QED) is 0.179. The van der Waals surface area contributed by atoms with E-state index < -0.39 is 4.92 Å². The van der Waals surface area contributed by atoms with E-state index in [-0.39, 0.29) is 11.6 Å². The highest BCUT2D eigenvalue weighted by atomic mass is 35.5. The van der Waals surface area contributed by atoms with Crippen molar-refractivity contribution in [1.82, 2.24) is 14.5 Å². The first-order valence-electron chi connectivity index (χ1n) is 10.3. The summed E-state index contributed by atoms with van der Waals surface area (Å²) in [5.41, 5.74) is 1.26. The Morgan fingerprint density at radius 1 is 1.29 bits per heavy atom. The third kappa shape index (κ3) is 5.24. The molecule has 2 heterocycles. The van der Waals surface area contributed by atoms with E-state index in [0.29, 0.717) is 46.5 Å². The first-order valence-corrected chi connectivity index (χ1v) is 11.5. The lowest BCUT2D eigenvalue weighted by molar-refractivity contribution is -0.384. The van der Waals surface area contributed by atoms with Gasteiger partial charge in [0.1, 0.15) is 11.3 Å². The number of aryl methyl sites for hydroxylation is 1. The van der Waals surface area contributed by atoms with Crippen LogP contribution in [0.5, 0.6) is 5.75 Å². The molecule has 4 rings (SSSR count). The number of ether oxygens (including phenoxy) is 1. The summed E-state index contributed by atoms with van der Waals surface area (Å²) in [6.45, 7) is 1.10. The van der Waals surface area contributed by atoms with Crippen molar-refractivity contribution in [3.63, 3.8) is 0 Å². The highest BCUT2D eigenvalue weighted by Gasteiger charge is 2.20. The van der Waals surface area contributed by atoms with Crippen molar-refractivity contribution in [3.05, 3.63) is 81.9 Å². The number of amides is 1. The fourth-order valence-corrected chi connectivity index (χ4v) is 4.60. The molecule has 0 radical (unpaired) electrons. The molecule has 9 nitrogen and oxygen atoms in total. The van der Waals surface area contributed by atoms with Crippen LogP contribution >= 0.6 is 22.9 Å². The lowest BCUT2D eigenvalue weighted by Crippen LogP contribution is -2.30. The Bertz CT molecular complexity index is 1340. The van der Waals surface area contributed by atoms with Gasteiger partial charge in [0.25, 0.3) is 11.6 Å². The number of thiazole rings is 1. The molecule has 4 aromatic rings. The number of nitro benzene ring substituents is 1. The van der Waals surface area contributed by atoms with Gasteiger partial charge in [0, 0.05) is 43.7 Å². The first kappa shape index (κ1) is 23.4. The number of nitro groups is 1. The number of halogens is 1. The van der Waals surface area contributed by atoms with Crippen molar-refractivity contribution in [1.29, 1.82) is 0 Å². The SMILES string of the molecule is COc1ccc(Cl)c2sc(N(CCCn3ccnc3)C(=O)/C=C/c3ccc([N+](=O)[O-])cc3)nc12. The van der Waals surface area contributed by atoms with Crippen LogP contribution in [0.15, 0.2) is 61.2 Å². The van der Waals surface area contributed by atoms with Crippen molar-refractivity contribution in [2.24, 2.45) is 0 Å². The topological polar surface area (TPSA) is 103 Å². The zero-order chi connectivity index (χ0) is 24.1.